The quantitative estimate of drug-likeness (QED) is 0.655. The van der Waals surface area contributed by atoms with Crippen LogP contribution in [0.2, 0.25) is 0 Å². The lowest BCUT2D eigenvalue weighted by Gasteiger charge is -2.18. The summed E-state index contributed by atoms with van der Waals surface area (Å²) >= 11 is 0. The molecule has 0 saturated carbocycles. The normalized spacial score (nSPS) is 15.0. The molecule has 0 aliphatic heterocycles. The fourth-order valence-corrected chi connectivity index (χ4v) is 2.43. The van der Waals surface area contributed by atoms with Gasteiger partial charge in [0.15, 0.2) is 6.29 Å². The van der Waals surface area contributed by atoms with Crippen LogP contribution >= 0.6 is 0 Å². The van der Waals surface area contributed by atoms with Crippen LogP contribution in [0.1, 0.15) is 31.1 Å². The van der Waals surface area contributed by atoms with Crippen LogP contribution in [0.5, 0.6) is 5.75 Å². The summed E-state index contributed by atoms with van der Waals surface area (Å²) in [7, 11) is 0. The van der Waals surface area contributed by atoms with E-state index in [1.807, 2.05) is 54.6 Å². The predicted molar refractivity (Wildman–Crippen MR) is 91.3 cm³/mol. The molecule has 0 bridgehead atoms. The Kier molecular flexibility index (Phi) is 6.59. The summed E-state index contributed by atoms with van der Waals surface area (Å²) in [6.45, 7) is 4.20. The second-order valence-corrected chi connectivity index (χ2v) is 5.80. The molecule has 0 aromatic heterocycles. The minimum Gasteiger partial charge on any atom is -0.465 e. The molecule has 2 aromatic rings. The molecule has 0 radical (unpaired) electrons. The van der Waals surface area contributed by atoms with Crippen LogP contribution in [-0.4, -0.2) is 29.1 Å². The van der Waals surface area contributed by atoms with Crippen LogP contribution < -0.4 is 10.1 Å². The van der Waals surface area contributed by atoms with E-state index in [0.29, 0.717) is 12.3 Å². The Morgan fingerprint density at radius 1 is 0.957 bits per heavy atom. The van der Waals surface area contributed by atoms with Crippen molar-refractivity contribution in [1.29, 1.82) is 0 Å². The van der Waals surface area contributed by atoms with Crippen molar-refractivity contribution < 1.29 is 14.9 Å². The maximum Gasteiger partial charge on any atom is 0.194 e. The molecule has 0 spiro atoms. The number of aliphatic hydroxyl groups is 2. The van der Waals surface area contributed by atoms with Crippen LogP contribution in [0.15, 0.2) is 54.6 Å². The third kappa shape index (κ3) is 6.02. The first-order chi connectivity index (χ1) is 11.0. The van der Waals surface area contributed by atoms with E-state index in [1.165, 1.54) is 5.56 Å². The summed E-state index contributed by atoms with van der Waals surface area (Å²) in [6.07, 6.45) is -0.447. The number of aliphatic hydroxyl groups excluding tert-OH is 2. The van der Waals surface area contributed by atoms with Gasteiger partial charge in [0.25, 0.3) is 0 Å². The Balaban J connectivity index is 1.79. The van der Waals surface area contributed by atoms with Gasteiger partial charge in [-0.2, -0.15) is 0 Å². The van der Waals surface area contributed by atoms with E-state index < -0.39 is 12.4 Å². The van der Waals surface area contributed by atoms with Gasteiger partial charge in [-0.05, 0) is 43.5 Å². The van der Waals surface area contributed by atoms with E-state index >= 15 is 0 Å². The second-order valence-electron chi connectivity index (χ2n) is 5.80. The van der Waals surface area contributed by atoms with Gasteiger partial charge in [0.1, 0.15) is 5.75 Å². The summed E-state index contributed by atoms with van der Waals surface area (Å²) < 4.78 is 5.21. The average Bonchev–Trinajstić information content (AvgIpc) is 2.55. The minimum atomic E-state index is -0.805. The highest BCUT2D eigenvalue weighted by molar-refractivity contribution is 5.27. The molecule has 0 fully saturated rings. The monoisotopic (exact) mass is 315 g/mol. The lowest BCUT2D eigenvalue weighted by atomic mass is 10.1. The second kappa shape index (κ2) is 8.67. The highest BCUT2D eigenvalue weighted by atomic mass is 16.6. The Morgan fingerprint density at radius 3 is 2.22 bits per heavy atom. The fraction of sp³-hybridized carbons (Fsp3) is 0.368. The maximum atomic E-state index is 10.2. The zero-order valence-corrected chi connectivity index (χ0v) is 13.6. The largest absolute Gasteiger partial charge is 0.465 e. The molecule has 3 atom stereocenters. The number of hydrogen-bond donors (Lipinski definition) is 3. The lowest BCUT2D eigenvalue weighted by molar-refractivity contribution is -0.000306. The van der Waals surface area contributed by atoms with Crippen LogP contribution in [0.4, 0.5) is 0 Å². The van der Waals surface area contributed by atoms with Crippen LogP contribution in [-0.2, 0) is 6.42 Å². The molecule has 23 heavy (non-hydrogen) atoms. The van der Waals surface area contributed by atoms with Gasteiger partial charge in [0.05, 0.1) is 6.10 Å². The van der Waals surface area contributed by atoms with E-state index in [0.717, 1.165) is 12.0 Å². The molecule has 0 aliphatic carbocycles. The lowest BCUT2D eigenvalue weighted by Crippen LogP contribution is -2.32. The van der Waals surface area contributed by atoms with Crippen molar-refractivity contribution in [2.24, 2.45) is 0 Å². The Bertz CT molecular complexity index is 569. The minimum absolute atomic E-state index is 0.247. The van der Waals surface area contributed by atoms with Gasteiger partial charge in [-0.15, -0.1) is 0 Å². The Hall–Kier alpha value is -1.88. The fourth-order valence-electron chi connectivity index (χ4n) is 2.43. The number of benzene rings is 2. The summed E-state index contributed by atoms with van der Waals surface area (Å²) in [6, 6.07) is 17.6. The molecule has 124 valence electrons. The van der Waals surface area contributed by atoms with Crippen molar-refractivity contribution >= 4 is 0 Å². The van der Waals surface area contributed by atoms with Crippen molar-refractivity contribution in [2.45, 2.75) is 38.7 Å². The SMILES string of the molecule is CC(O)Oc1ccc(C[C@@H](C)NC[C@H](O)c2ccccc2)cc1. The molecular weight excluding hydrogens is 290 g/mol. The molecule has 0 aliphatic rings. The highest BCUT2D eigenvalue weighted by Crippen LogP contribution is 2.15. The van der Waals surface area contributed by atoms with Gasteiger partial charge in [0, 0.05) is 12.6 Å². The first kappa shape index (κ1) is 17.5. The van der Waals surface area contributed by atoms with Crippen LogP contribution in [0, 0.1) is 0 Å². The van der Waals surface area contributed by atoms with Gasteiger partial charge >= 0.3 is 0 Å². The Morgan fingerprint density at radius 2 is 1.61 bits per heavy atom. The molecule has 0 saturated heterocycles. The van der Waals surface area contributed by atoms with Gasteiger partial charge < -0.3 is 20.3 Å². The first-order valence-corrected chi connectivity index (χ1v) is 7.94. The third-order valence-electron chi connectivity index (χ3n) is 3.62. The third-order valence-corrected chi connectivity index (χ3v) is 3.62. The predicted octanol–water partition coefficient (Wildman–Crippen LogP) is 2.66. The number of rotatable bonds is 8. The van der Waals surface area contributed by atoms with E-state index in [9.17, 15) is 10.2 Å². The summed E-state index contributed by atoms with van der Waals surface area (Å²) in [5.41, 5.74) is 2.10. The van der Waals surface area contributed by atoms with Gasteiger partial charge in [0.2, 0.25) is 0 Å². The van der Waals surface area contributed by atoms with Gasteiger partial charge in [-0.3, -0.25) is 0 Å². The van der Waals surface area contributed by atoms with E-state index in [-0.39, 0.29) is 6.04 Å². The van der Waals surface area contributed by atoms with Crippen LogP contribution in [0.3, 0.4) is 0 Å². The highest BCUT2D eigenvalue weighted by Gasteiger charge is 2.09. The van der Waals surface area contributed by atoms with Crippen LogP contribution in [0.25, 0.3) is 0 Å². The topological polar surface area (TPSA) is 61.7 Å². The smallest absolute Gasteiger partial charge is 0.194 e. The molecule has 0 amide bonds. The van der Waals surface area contributed by atoms with E-state index in [4.69, 9.17) is 4.74 Å². The first-order valence-electron chi connectivity index (χ1n) is 7.94. The number of ether oxygens (including phenoxy) is 1. The van der Waals surface area contributed by atoms with E-state index in [2.05, 4.69) is 12.2 Å². The molecule has 4 heteroatoms. The summed E-state index contributed by atoms with van der Waals surface area (Å²) in [5.74, 6) is 0.656. The molecule has 3 N–H and O–H groups in total. The standard InChI is InChI=1S/C19H25NO3/c1-14(20-13-19(22)17-6-4-3-5-7-17)12-16-8-10-18(11-9-16)23-15(2)21/h3-11,14-15,19-22H,12-13H2,1-2H3/t14-,15?,19+/m1/s1. The summed E-state index contributed by atoms with van der Waals surface area (Å²) in [5, 5.41) is 22.7. The molecule has 2 rings (SSSR count). The molecule has 1 unspecified atom stereocenters. The van der Waals surface area contributed by atoms with Crippen molar-refractivity contribution in [3.8, 4) is 5.75 Å². The maximum absolute atomic E-state index is 10.2. The zero-order valence-electron chi connectivity index (χ0n) is 13.6. The summed E-state index contributed by atoms with van der Waals surface area (Å²) in [4.78, 5) is 0. The molecule has 4 nitrogen and oxygen atoms in total. The van der Waals surface area contributed by atoms with Crippen molar-refractivity contribution in [1.82, 2.24) is 5.32 Å². The molecular formula is C19H25NO3. The van der Waals surface area contributed by atoms with Crippen molar-refractivity contribution in [3.63, 3.8) is 0 Å². The number of hydrogen-bond acceptors (Lipinski definition) is 4. The Labute approximate surface area is 137 Å². The van der Waals surface area contributed by atoms with Gasteiger partial charge in [-0.25, -0.2) is 0 Å². The average molecular weight is 315 g/mol. The van der Waals surface area contributed by atoms with Gasteiger partial charge in [-0.1, -0.05) is 42.5 Å². The van der Waals surface area contributed by atoms with Crippen molar-refractivity contribution in [2.75, 3.05) is 6.54 Å². The molecule has 2 aromatic carbocycles. The van der Waals surface area contributed by atoms with Crippen molar-refractivity contribution in [3.05, 3.63) is 65.7 Å². The zero-order chi connectivity index (χ0) is 16.7. The number of nitrogens with one attached hydrogen (secondary N) is 1. The molecule has 0 heterocycles. The van der Waals surface area contributed by atoms with E-state index in [1.54, 1.807) is 6.92 Å².